The lowest BCUT2D eigenvalue weighted by Crippen LogP contribution is -2.00. The van der Waals surface area contributed by atoms with Gasteiger partial charge >= 0.3 is 0 Å². The number of ether oxygens (including phenoxy) is 1. The average Bonchev–Trinajstić information content (AvgIpc) is 2.15. The molecule has 1 rings (SSSR count). The summed E-state index contributed by atoms with van der Waals surface area (Å²) in [5.41, 5.74) is 0. The van der Waals surface area contributed by atoms with Crippen LogP contribution in [0.5, 0.6) is 5.88 Å². The molecule has 0 aromatic carbocycles. The molecule has 0 bridgehead atoms. The van der Waals surface area contributed by atoms with Crippen LogP contribution in [0.15, 0.2) is 25.2 Å². The molecule has 1 heterocycles. The average molecular weight is 290 g/mol. The van der Waals surface area contributed by atoms with Crippen LogP contribution in [0.1, 0.15) is 12.8 Å². The molecule has 0 fully saturated rings. The third-order valence-corrected chi connectivity index (χ3v) is 2.17. The van der Waals surface area contributed by atoms with Gasteiger partial charge in [-0.2, -0.15) is 0 Å². The quantitative estimate of drug-likeness (QED) is 0.474. The first kappa shape index (κ1) is 10.4. The molecule has 1 aromatic heterocycles. The number of nitrogens with zero attached hydrogens (tertiary/aromatic N) is 2. The Balaban J connectivity index is 2.36. The number of hydrogen-bond donors (Lipinski definition) is 0. The van der Waals surface area contributed by atoms with Crippen molar-refractivity contribution in [3.63, 3.8) is 0 Å². The van der Waals surface area contributed by atoms with E-state index in [1.807, 2.05) is 6.08 Å². The summed E-state index contributed by atoms with van der Waals surface area (Å²) in [5.74, 6) is 0.666. The highest BCUT2D eigenvalue weighted by Crippen LogP contribution is 2.15. The van der Waals surface area contributed by atoms with Crippen LogP contribution in [-0.4, -0.2) is 16.6 Å². The third kappa shape index (κ3) is 3.71. The van der Waals surface area contributed by atoms with Crippen LogP contribution in [0.3, 0.4) is 0 Å². The molecular formula is C9H11IN2O. The molecule has 70 valence electrons. The molecule has 0 saturated heterocycles. The molecule has 0 aliphatic heterocycles. The fourth-order valence-corrected chi connectivity index (χ4v) is 1.26. The van der Waals surface area contributed by atoms with Crippen LogP contribution in [0.2, 0.25) is 0 Å². The molecule has 1 aromatic rings. The summed E-state index contributed by atoms with van der Waals surface area (Å²) in [7, 11) is 0. The van der Waals surface area contributed by atoms with Gasteiger partial charge in [-0.3, -0.25) is 0 Å². The topological polar surface area (TPSA) is 35.0 Å². The number of rotatable bonds is 5. The van der Waals surface area contributed by atoms with Crippen LogP contribution in [0.4, 0.5) is 0 Å². The minimum absolute atomic E-state index is 0.666. The molecule has 0 unspecified atom stereocenters. The Bertz CT molecular complexity index is 278. The summed E-state index contributed by atoms with van der Waals surface area (Å²) in [5, 5.41) is 0. The van der Waals surface area contributed by atoms with Gasteiger partial charge in [-0.15, -0.1) is 6.58 Å². The largest absolute Gasteiger partial charge is 0.477 e. The van der Waals surface area contributed by atoms with Crippen molar-refractivity contribution in [1.82, 2.24) is 9.97 Å². The van der Waals surface area contributed by atoms with Gasteiger partial charge in [0, 0.05) is 6.20 Å². The highest BCUT2D eigenvalue weighted by Gasteiger charge is 1.99. The van der Waals surface area contributed by atoms with Gasteiger partial charge in [0.15, 0.2) is 0 Å². The number of allylic oxidation sites excluding steroid dienone is 1. The molecule has 0 atom stereocenters. The van der Waals surface area contributed by atoms with E-state index < -0.39 is 0 Å². The normalized spacial score (nSPS) is 9.62. The Kier molecular flexibility index (Phi) is 4.74. The molecule has 0 amide bonds. The highest BCUT2D eigenvalue weighted by molar-refractivity contribution is 14.1. The Morgan fingerprint density at radius 1 is 1.62 bits per heavy atom. The number of unbranched alkanes of at least 4 members (excludes halogenated alkanes) is 1. The third-order valence-electron chi connectivity index (χ3n) is 1.43. The molecule has 0 saturated carbocycles. The van der Waals surface area contributed by atoms with Crippen molar-refractivity contribution in [1.29, 1.82) is 0 Å². The zero-order valence-electron chi connectivity index (χ0n) is 7.24. The molecule has 13 heavy (non-hydrogen) atoms. The Morgan fingerprint density at radius 3 is 3.15 bits per heavy atom. The molecular weight excluding hydrogens is 279 g/mol. The minimum atomic E-state index is 0.666. The fourth-order valence-electron chi connectivity index (χ4n) is 0.804. The zero-order chi connectivity index (χ0) is 9.52. The maximum absolute atomic E-state index is 5.43. The molecule has 0 spiro atoms. The monoisotopic (exact) mass is 290 g/mol. The van der Waals surface area contributed by atoms with Gasteiger partial charge in [-0.25, -0.2) is 9.97 Å². The summed E-state index contributed by atoms with van der Waals surface area (Å²) in [6, 6.07) is 0. The van der Waals surface area contributed by atoms with Crippen molar-refractivity contribution in [2.75, 3.05) is 6.61 Å². The lowest BCUT2D eigenvalue weighted by Gasteiger charge is -2.04. The predicted molar refractivity (Wildman–Crippen MR) is 59.7 cm³/mol. The molecule has 0 radical (unpaired) electrons. The van der Waals surface area contributed by atoms with Gasteiger partial charge in [-0.05, 0) is 35.4 Å². The standard InChI is InChI=1S/C9H11IN2O/c1-2-3-4-5-13-9-8(10)6-11-7-12-9/h2,6-7H,1,3-5H2. The van der Waals surface area contributed by atoms with Crippen molar-refractivity contribution >= 4 is 22.6 Å². The SMILES string of the molecule is C=CCCCOc1ncncc1I. The summed E-state index contributed by atoms with van der Waals surface area (Å²) < 4.78 is 6.38. The van der Waals surface area contributed by atoms with Gasteiger partial charge in [0.1, 0.15) is 6.33 Å². The van der Waals surface area contributed by atoms with Gasteiger partial charge in [-0.1, -0.05) is 6.08 Å². The van der Waals surface area contributed by atoms with Crippen LogP contribution in [0, 0.1) is 3.57 Å². The van der Waals surface area contributed by atoms with Crippen LogP contribution >= 0.6 is 22.6 Å². The van der Waals surface area contributed by atoms with E-state index in [1.165, 1.54) is 6.33 Å². The second kappa shape index (κ2) is 5.90. The van der Waals surface area contributed by atoms with E-state index in [0.29, 0.717) is 12.5 Å². The van der Waals surface area contributed by atoms with Gasteiger partial charge < -0.3 is 4.74 Å². The number of aromatic nitrogens is 2. The first-order chi connectivity index (χ1) is 6.34. The van der Waals surface area contributed by atoms with E-state index in [4.69, 9.17) is 4.74 Å². The summed E-state index contributed by atoms with van der Waals surface area (Å²) in [4.78, 5) is 7.88. The maximum atomic E-state index is 5.43. The van der Waals surface area contributed by atoms with Crippen LogP contribution in [-0.2, 0) is 0 Å². The van der Waals surface area contributed by atoms with Gasteiger partial charge in [0.05, 0.1) is 10.2 Å². The maximum Gasteiger partial charge on any atom is 0.230 e. The van der Waals surface area contributed by atoms with Crippen molar-refractivity contribution in [2.24, 2.45) is 0 Å². The second-order valence-electron chi connectivity index (χ2n) is 2.46. The lowest BCUT2D eigenvalue weighted by atomic mass is 10.3. The number of hydrogen-bond acceptors (Lipinski definition) is 3. The summed E-state index contributed by atoms with van der Waals surface area (Å²) in [6.07, 6.45) is 7.06. The predicted octanol–water partition coefficient (Wildman–Crippen LogP) is 2.43. The highest BCUT2D eigenvalue weighted by atomic mass is 127. The Morgan fingerprint density at radius 2 is 2.46 bits per heavy atom. The minimum Gasteiger partial charge on any atom is -0.477 e. The van der Waals surface area contributed by atoms with Crippen molar-refractivity contribution in [3.8, 4) is 5.88 Å². The van der Waals surface area contributed by atoms with E-state index >= 15 is 0 Å². The van der Waals surface area contributed by atoms with Crippen LogP contribution < -0.4 is 4.74 Å². The summed E-state index contributed by atoms with van der Waals surface area (Å²) >= 11 is 2.15. The fraction of sp³-hybridized carbons (Fsp3) is 0.333. The lowest BCUT2D eigenvalue weighted by molar-refractivity contribution is 0.297. The Hall–Kier alpha value is -0.650. The van der Waals surface area contributed by atoms with Crippen molar-refractivity contribution < 1.29 is 4.74 Å². The first-order valence-electron chi connectivity index (χ1n) is 4.04. The summed E-state index contributed by atoms with van der Waals surface area (Å²) in [6.45, 7) is 4.32. The van der Waals surface area contributed by atoms with Crippen molar-refractivity contribution in [3.05, 3.63) is 28.7 Å². The van der Waals surface area contributed by atoms with Gasteiger partial charge in [0.25, 0.3) is 0 Å². The van der Waals surface area contributed by atoms with Crippen molar-refractivity contribution in [2.45, 2.75) is 12.8 Å². The molecule has 0 aliphatic carbocycles. The van der Waals surface area contributed by atoms with Gasteiger partial charge in [0.2, 0.25) is 5.88 Å². The molecule has 4 heteroatoms. The first-order valence-corrected chi connectivity index (χ1v) is 5.11. The second-order valence-corrected chi connectivity index (χ2v) is 3.62. The van der Waals surface area contributed by atoms with E-state index in [2.05, 4.69) is 39.1 Å². The van der Waals surface area contributed by atoms with E-state index in [1.54, 1.807) is 6.20 Å². The van der Waals surface area contributed by atoms with E-state index in [-0.39, 0.29) is 0 Å². The Labute approximate surface area is 91.4 Å². The van der Waals surface area contributed by atoms with E-state index in [9.17, 15) is 0 Å². The number of halogens is 1. The zero-order valence-corrected chi connectivity index (χ0v) is 9.40. The molecule has 3 nitrogen and oxygen atoms in total. The van der Waals surface area contributed by atoms with Crippen LogP contribution in [0.25, 0.3) is 0 Å². The van der Waals surface area contributed by atoms with E-state index in [0.717, 1.165) is 16.4 Å². The smallest absolute Gasteiger partial charge is 0.230 e. The molecule has 0 N–H and O–H groups in total. The molecule has 0 aliphatic rings.